The van der Waals surface area contributed by atoms with Crippen molar-refractivity contribution in [3.05, 3.63) is 38.5 Å². The summed E-state index contributed by atoms with van der Waals surface area (Å²) in [6.07, 6.45) is -1.30. The fourth-order valence-electron chi connectivity index (χ4n) is 9.77. The third kappa shape index (κ3) is 13.1. The van der Waals surface area contributed by atoms with Gasteiger partial charge in [0.1, 0.15) is 74.8 Å². The van der Waals surface area contributed by atoms with Crippen LogP contribution in [0.15, 0.2) is 8.85 Å². The molecule has 10 rings (SSSR count). The Morgan fingerprint density at radius 3 is 1.07 bits per heavy atom. The van der Waals surface area contributed by atoms with E-state index in [1.807, 2.05) is 0 Å². The second-order valence-electron chi connectivity index (χ2n) is 20.4. The summed E-state index contributed by atoms with van der Waals surface area (Å²) in [6, 6.07) is 0. The van der Waals surface area contributed by atoms with Gasteiger partial charge in [-0.1, -0.05) is 27.7 Å². The fourth-order valence-corrected chi connectivity index (χ4v) is 16.3. The van der Waals surface area contributed by atoms with Crippen LogP contribution < -0.4 is 70.0 Å². The van der Waals surface area contributed by atoms with Crippen LogP contribution in [0.3, 0.4) is 0 Å². The molecule has 5 aromatic heterocycles. The molecule has 0 saturated heterocycles. The number of ether oxygens (including phenoxy) is 12. The molecule has 5 aliphatic heterocycles. The van der Waals surface area contributed by atoms with Gasteiger partial charge < -0.3 is 78.1 Å². The molecule has 83 heavy (non-hydrogen) atoms. The van der Waals surface area contributed by atoms with Gasteiger partial charge in [-0.2, -0.15) is 0 Å². The molecule has 0 bridgehead atoms. The van der Waals surface area contributed by atoms with Crippen LogP contribution in [-0.4, -0.2) is 170 Å². The zero-order valence-electron chi connectivity index (χ0n) is 47.6. The Bertz CT molecular complexity index is 3410. The third-order valence-corrected chi connectivity index (χ3v) is 20.3. The Morgan fingerprint density at radius 1 is 0.410 bits per heavy atom. The highest BCUT2D eigenvalue weighted by Crippen LogP contribution is 2.61. The molecule has 0 fully saturated rings. The summed E-state index contributed by atoms with van der Waals surface area (Å²) >= 11 is 7.27. The predicted octanol–water partition coefficient (Wildman–Crippen LogP) is 5.03. The van der Waals surface area contributed by atoms with E-state index < -0.39 is 59.8 Å². The average molecular weight is 1250 g/mol. The summed E-state index contributed by atoms with van der Waals surface area (Å²) in [5, 5.41) is 12.1. The van der Waals surface area contributed by atoms with E-state index in [1.54, 1.807) is 55.9 Å². The summed E-state index contributed by atoms with van der Waals surface area (Å²) in [5.74, 6) is 0.844. The van der Waals surface area contributed by atoms with Crippen LogP contribution in [0.25, 0.3) is 29.3 Å². The monoisotopic (exact) mass is 1250 g/mol. The SMILES string of the molecule is CNCC(C)C(=O)OCC(Cc1sc(-c2sc(-c3s/c(=c4/sc(-c5sc(CC(COC(=O)C(C)CNC)OC(=O)C(C)CNC)c6c5OCCO6)c5c4=[O+]CCO5)c4c3OCC[O+]=4)c3c2OCCO3)c2c1OCCO2)OC(=O)C(C)CNC. The normalized spacial score (nSPS) is 17.3. The minimum Gasteiger partial charge on any atom is -0.485 e. The van der Waals surface area contributed by atoms with Gasteiger partial charge in [-0.05, 0) is 28.2 Å². The van der Waals surface area contributed by atoms with Gasteiger partial charge in [0.05, 0.1) is 52.9 Å². The number of carbonyl (C=O) groups is 4. The second kappa shape index (κ2) is 27.5. The molecule has 450 valence electrons. The topological polar surface area (TPSA) is 250 Å². The maximum atomic E-state index is 13.4. The van der Waals surface area contributed by atoms with Crippen LogP contribution in [0.1, 0.15) is 37.4 Å². The van der Waals surface area contributed by atoms with Gasteiger partial charge >= 0.3 is 34.7 Å². The fraction of sp³-hybridized carbons (Fsp3) is 0.571. The lowest BCUT2D eigenvalue weighted by atomic mass is 10.1. The first-order valence-electron chi connectivity index (χ1n) is 27.8. The van der Waals surface area contributed by atoms with Crippen LogP contribution in [0.5, 0.6) is 46.0 Å². The van der Waals surface area contributed by atoms with E-state index in [0.717, 1.165) is 48.1 Å². The minimum atomic E-state index is -0.832. The molecule has 0 aromatic carbocycles. The lowest BCUT2D eigenvalue weighted by Gasteiger charge is -2.22. The Morgan fingerprint density at radius 2 is 0.711 bits per heavy atom. The molecule has 0 spiro atoms. The number of fused-ring (bicyclic) bond motifs is 5. The third-order valence-electron chi connectivity index (χ3n) is 13.8. The van der Waals surface area contributed by atoms with Gasteiger partial charge in [0.15, 0.2) is 56.8 Å². The molecule has 22 nitrogen and oxygen atoms in total. The van der Waals surface area contributed by atoms with Crippen LogP contribution >= 0.6 is 56.7 Å². The molecular weight excluding hydrogens is 1180 g/mol. The first-order chi connectivity index (χ1) is 40.3. The summed E-state index contributed by atoms with van der Waals surface area (Å²) < 4.78 is 89.8. The Kier molecular flexibility index (Phi) is 20.0. The molecule has 5 aliphatic rings. The molecule has 0 amide bonds. The van der Waals surface area contributed by atoms with Gasteiger partial charge in [0.25, 0.3) is 13.2 Å². The maximum absolute atomic E-state index is 13.4. The highest BCUT2D eigenvalue weighted by molar-refractivity contribution is 7.27. The van der Waals surface area contributed by atoms with E-state index in [2.05, 4.69) is 21.3 Å². The van der Waals surface area contributed by atoms with Crippen molar-refractivity contribution in [1.82, 2.24) is 21.3 Å². The van der Waals surface area contributed by atoms with Gasteiger partial charge in [0.2, 0.25) is 11.5 Å². The van der Waals surface area contributed by atoms with Crippen molar-refractivity contribution in [2.75, 3.05) is 134 Å². The predicted molar refractivity (Wildman–Crippen MR) is 315 cm³/mol. The number of carbonyl (C=O) groups excluding carboxylic acids is 4. The number of thiophene rings is 5. The molecule has 5 aromatic rings. The van der Waals surface area contributed by atoms with Crippen molar-refractivity contribution in [3.8, 4) is 75.3 Å². The van der Waals surface area contributed by atoms with Crippen LogP contribution in [-0.2, 0) is 51.0 Å². The number of hydrogen-bond acceptors (Lipinski definition) is 25. The molecule has 0 aliphatic carbocycles. The quantitative estimate of drug-likeness (QED) is 0.0340. The van der Waals surface area contributed by atoms with Gasteiger partial charge in [-0.25, -0.2) is 8.85 Å². The Labute approximate surface area is 498 Å². The largest absolute Gasteiger partial charge is 0.485 e. The molecule has 27 heteroatoms. The molecule has 4 N–H and O–H groups in total. The van der Waals surface area contributed by atoms with Gasteiger partial charge in [-0.3, -0.25) is 19.2 Å². The summed E-state index contributed by atoms with van der Waals surface area (Å²) in [5.41, 5.74) is 1.09. The first-order valence-corrected chi connectivity index (χ1v) is 31.8. The van der Waals surface area contributed by atoms with Crippen LogP contribution in [0, 0.1) is 32.7 Å². The van der Waals surface area contributed by atoms with Crippen molar-refractivity contribution < 1.29 is 76.0 Å². The van der Waals surface area contributed by atoms with Gasteiger partial charge in [0, 0.05) is 39.0 Å². The minimum absolute atomic E-state index is 0.157. The van der Waals surface area contributed by atoms with Crippen molar-refractivity contribution in [2.45, 2.75) is 52.7 Å². The molecule has 10 heterocycles. The molecule has 0 radical (unpaired) electrons. The Balaban J connectivity index is 1.04. The van der Waals surface area contributed by atoms with Crippen molar-refractivity contribution in [2.24, 2.45) is 23.7 Å². The maximum Gasteiger partial charge on any atom is 0.405 e. The van der Waals surface area contributed by atoms with Crippen molar-refractivity contribution in [3.63, 3.8) is 0 Å². The zero-order chi connectivity index (χ0) is 58.3. The highest BCUT2D eigenvalue weighted by Gasteiger charge is 2.40. The summed E-state index contributed by atoms with van der Waals surface area (Å²) in [6.45, 7) is 11.5. The summed E-state index contributed by atoms with van der Waals surface area (Å²) in [4.78, 5) is 58.8. The second-order valence-corrected chi connectivity index (χ2v) is 25.7. The number of esters is 4. The molecule has 0 saturated carbocycles. The first kappa shape index (κ1) is 60.3. The van der Waals surface area contributed by atoms with Crippen molar-refractivity contribution >= 4 is 80.6 Å². The van der Waals surface area contributed by atoms with E-state index in [9.17, 15) is 19.2 Å². The average Bonchev–Trinajstić information content (AvgIpc) is 3.14. The van der Waals surface area contributed by atoms with E-state index in [1.165, 1.54) is 56.7 Å². The smallest absolute Gasteiger partial charge is 0.405 e. The van der Waals surface area contributed by atoms with E-state index in [-0.39, 0.29) is 26.1 Å². The van der Waals surface area contributed by atoms with Crippen LogP contribution in [0.4, 0.5) is 0 Å². The molecular formula is C56H70N4O18S5+2. The standard InChI is InChI=1S/C56H70N4O18S5/c1-27(21-57-5)53(61)75-25-31(77-55(63)29(3)23-59-7)19-33-35-37(67-11-9-65-35)45(79-33)47-39-41(71-15-13-69-39)49(81-47)51-43-44(74-18-17-73-43)52(83-51)50-42-40(70-14-16-72-42)48(82-50)46-38-36(66-10-12-68-38)34(80-46)20-32(78-56(64)30(4)24-60-8)26-76-54(62)28(2)22-58-6/h27-32,57-60H,9-26H2,1-8H3/q+2. The molecule has 6 atom stereocenters. The number of nitrogens with one attached hydrogen (secondary N) is 4. The lowest BCUT2D eigenvalue weighted by molar-refractivity contribution is -0.163. The van der Waals surface area contributed by atoms with E-state index in [0.29, 0.717) is 149 Å². The Hall–Kier alpha value is -5.78. The van der Waals surface area contributed by atoms with Crippen molar-refractivity contribution in [1.29, 1.82) is 0 Å². The number of hydrogen-bond donors (Lipinski definition) is 4. The zero-order valence-corrected chi connectivity index (χ0v) is 51.7. The summed E-state index contributed by atoms with van der Waals surface area (Å²) in [7, 11) is 7.06. The highest BCUT2D eigenvalue weighted by atomic mass is 32.1. The van der Waals surface area contributed by atoms with E-state index in [4.69, 9.17) is 65.7 Å². The number of rotatable bonds is 25. The lowest BCUT2D eigenvalue weighted by Crippen LogP contribution is -2.34. The van der Waals surface area contributed by atoms with E-state index >= 15 is 0 Å². The van der Waals surface area contributed by atoms with Crippen LogP contribution in [0.2, 0.25) is 0 Å². The van der Waals surface area contributed by atoms with Gasteiger partial charge in [-0.15, -0.1) is 56.7 Å². The molecule has 6 unspecified atom stereocenters.